The van der Waals surface area contributed by atoms with Gasteiger partial charge in [0.2, 0.25) is 0 Å². The summed E-state index contributed by atoms with van der Waals surface area (Å²) in [5.41, 5.74) is 0.480. The molecule has 0 fully saturated rings. The summed E-state index contributed by atoms with van der Waals surface area (Å²) < 4.78 is 1.66. The van der Waals surface area contributed by atoms with Gasteiger partial charge in [0.05, 0.1) is 5.54 Å². The number of H-pyrrole nitrogens is 1. The standard InChI is InChI=1S/C12H23N3O/c1-6-7-8-12(4,5)15-11(16)10(9(2)3)13-14-15/h9,14H,6-8H2,1-5H3. The molecular weight excluding hydrogens is 202 g/mol. The summed E-state index contributed by atoms with van der Waals surface area (Å²) in [5.74, 6) is 0.173. The van der Waals surface area contributed by atoms with Gasteiger partial charge in [0.15, 0.2) is 0 Å². The normalized spacial score (nSPS) is 12.4. The number of rotatable bonds is 5. The van der Waals surface area contributed by atoms with Crippen LogP contribution in [-0.4, -0.2) is 15.0 Å². The molecule has 92 valence electrons. The molecule has 1 heterocycles. The lowest BCUT2D eigenvalue weighted by molar-refractivity contribution is 0.274. The Hall–Kier alpha value is -1.06. The highest BCUT2D eigenvalue weighted by atomic mass is 16.1. The number of hydrogen-bond donors (Lipinski definition) is 1. The van der Waals surface area contributed by atoms with Crippen molar-refractivity contribution in [2.24, 2.45) is 0 Å². The van der Waals surface area contributed by atoms with Crippen molar-refractivity contribution in [2.75, 3.05) is 0 Å². The second-order valence-electron chi connectivity index (χ2n) is 5.31. The van der Waals surface area contributed by atoms with E-state index in [0.29, 0.717) is 5.69 Å². The fraction of sp³-hybridized carbons (Fsp3) is 0.833. The van der Waals surface area contributed by atoms with Crippen molar-refractivity contribution in [3.63, 3.8) is 0 Å². The van der Waals surface area contributed by atoms with Crippen molar-refractivity contribution in [2.45, 2.75) is 65.3 Å². The molecule has 1 N–H and O–H groups in total. The van der Waals surface area contributed by atoms with Gasteiger partial charge in [-0.3, -0.25) is 4.79 Å². The Balaban J connectivity index is 3.00. The minimum atomic E-state index is -0.173. The van der Waals surface area contributed by atoms with Crippen LogP contribution < -0.4 is 5.56 Å². The number of aromatic nitrogens is 3. The number of aromatic amines is 1. The highest BCUT2D eigenvalue weighted by Gasteiger charge is 2.24. The van der Waals surface area contributed by atoms with Crippen LogP contribution in [-0.2, 0) is 5.54 Å². The predicted octanol–water partition coefficient (Wildman–Crippen LogP) is 2.62. The van der Waals surface area contributed by atoms with Crippen LogP contribution in [0.3, 0.4) is 0 Å². The molecule has 1 rings (SSSR count). The Morgan fingerprint density at radius 2 is 2.06 bits per heavy atom. The van der Waals surface area contributed by atoms with Crippen LogP contribution in [0.1, 0.15) is 65.5 Å². The summed E-state index contributed by atoms with van der Waals surface area (Å²) >= 11 is 0. The first-order chi connectivity index (χ1) is 7.40. The van der Waals surface area contributed by atoms with Crippen LogP contribution in [0.4, 0.5) is 0 Å². The maximum Gasteiger partial charge on any atom is 0.290 e. The highest BCUT2D eigenvalue weighted by Crippen LogP contribution is 2.20. The van der Waals surface area contributed by atoms with Crippen LogP contribution in [0.15, 0.2) is 4.79 Å². The lowest BCUT2D eigenvalue weighted by atomic mass is 9.97. The molecule has 0 radical (unpaired) electrons. The van der Waals surface area contributed by atoms with Gasteiger partial charge < -0.3 is 0 Å². The van der Waals surface area contributed by atoms with Gasteiger partial charge in [-0.1, -0.05) is 33.6 Å². The summed E-state index contributed by atoms with van der Waals surface area (Å²) in [7, 11) is 0. The third kappa shape index (κ3) is 2.54. The maximum atomic E-state index is 12.1. The smallest absolute Gasteiger partial charge is 0.266 e. The van der Waals surface area contributed by atoms with E-state index in [4.69, 9.17) is 0 Å². The van der Waals surface area contributed by atoms with E-state index in [-0.39, 0.29) is 17.0 Å². The van der Waals surface area contributed by atoms with E-state index in [2.05, 4.69) is 31.1 Å². The second kappa shape index (κ2) is 4.85. The Kier molecular flexibility index (Phi) is 3.94. The summed E-state index contributed by atoms with van der Waals surface area (Å²) in [6.07, 6.45) is 3.25. The fourth-order valence-electron chi connectivity index (χ4n) is 1.82. The van der Waals surface area contributed by atoms with Gasteiger partial charge in [-0.2, -0.15) is 5.10 Å². The van der Waals surface area contributed by atoms with Gasteiger partial charge >= 0.3 is 0 Å². The van der Waals surface area contributed by atoms with E-state index in [1.54, 1.807) is 4.68 Å². The number of hydrogen-bond acceptors (Lipinski definition) is 2. The van der Waals surface area contributed by atoms with Gasteiger partial charge in [0.25, 0.3) is 5.56 Å². The minimum Gasteiger partial charge on any atom is -0.266 e. The van der Waals surface area contributed by atoms with Crippen LogP contribution in [0, 0.1) is 0 Å². The molecular formula is C12H23N3O. The monoisotopic (exact) mass is 225 g/mol. The summed E-state index contributed by atoms with van der Waals surface area (Å²) in [5, 5.41) is 6.97. The molecule has 0 saturated carbocycles. The molecule has 1 aromatic rings. The van der Waals surface area contributed by atoms with Crippen molar-refractivity contribution in [1.29, 1.82) is 0 Å². The quantitative estimate of drug-likeness (QED) is 0.837. The van der Waals surface area contributed by atoms with E-state index in [9.17, 15) is 4.79 Å². The van der Waals surface area contributed by atoms with Crippen molar-refractivity contribution < 1.29 is 0 Å². The molecule has 0 unspecified atom stereocenters. The zero-order chi connectivity index (χ0) is 12.3. The summed E-state index contributed by atoms with van der Waals surface area (Å²) in [4.78, 5) is 12.1. The minimum absolute atomic E-state index is 0.0242. The first-order valence-corrected chi connectivity index (χ1v) is 6.08. The van der Waals surface area contributed by atoms with Gasteiger partial charge in [0, 0.05) is 5.92 Å². The number of nitrogens with zero attached hydrogens (tertiary/aromatic N) is 2. The third-order valence-electron chi connectivity index (χ3n) is 2.99. The number of unbranched alkanes of at least 4 members (excludes halogenated alkanes) is 1. The summed E-state index contributed by atoms with van der Waals surface area (Å²) in [6.45, 7) is 10.3. The van der Waals surface area contributed by atoms with E-state index >= 15 is 0 Å². The molecule has 0 spiro atoms. The molecule has 4 heteroatoms. The molecule has 4 nitrogen and oxygen atoms in total. The predicted molar refractivity (Wildman–Crippen MR) is 65.8 cm³/mol. The molecule has 0 aromatic carbocycles. The molecule has 0 saturated heterocycles. The fourth-order valence-corrected chi connectivity index (χ4v) is 1.82. The third-order valence-corrected chi connectivity index (χ3v) is 2.99. The van der Waals surface area contributed by atoms with Crippen molar-refractivity contribution >= 4 is 0 Å². The first kappa shape index (κ1) is 13.0. The lowest BCUT2D eigenvalue weighted by Gasteiger charge is -2.24. The molecule has 0 aliphatic rings. The van der Waals surface area contributed by atoms with Gasteiger partial charge in [-0.05, 0) is 20.3 Å². The molecule has 0 amide bonds. The molecule has 0 bridgehead atoms. The van der Waals surface area contributed by atoms with Gasteiger partial charge in [-0.25, -0.2) is 9.90 Å². The van der Waals surface area contributed by atoms with E-state index < -0.39 is 0 Å². The number of nitrogens with one attached hydrogen (secondary N) is 1. The first-order valence-electron chi connectivity index (χ1n) is 6.08. The van der Waals surface area contributed by atoms with Crippen molar-refractivity contribution in [3.8, 4) is 0 Å². The van der Waals surface area contributed by atoms with Crippen LogP contribution in [0.2, 0.25) is 0 Å². The van der Waals surface area contributed by atoms with E-state index in [1.807, 2.05) is 13.8 Å². The Bertz CT molecular complexity index is 387. The molecule has 0 aliphatic heterocycles. The Morgan fingerprint density at radius 3 is 2.50 bits per heavy atom. The Labute approximate surface area is 97.0 Å². The largest absolute Gasteiger partial charge is 0.290 e. The van der Waals surface area contributed by atoms with Crippen LogP contribution in [0.25, 0.3) is 0 Å². The van der Waals surface area contributed by atoms with E-state index in [1.165, 1.54) is 0 Å². The van der Waals surface area contributed by atoms with Crippen LogP contribution >= 0.6 is 0 Å². The zero-order valence-corrected chi connectivity index (χ0v) is 11.0. The average molecular weight is 225 g/mol. The Morgan fingerprint density at radius 1 is 1.44 bits per heavy atom. The topological polar surface area (TPSA) is 50.7 Å². The average Bonchev–Trinajstić information content (AvgIpc) is 2.58. The van der Waals surface area contributed by atoms with Crippen molar-refractivity contribution in [3.05, 3.63) is 16.0 Å². The second-order valence-corrected chi connectivity index (χ2v) is 5.31. The zero-order valence-electron chi connectivity index (χ0n) is 11.0. The molecule has 16 heavy (non-hydrogen) atoms. The highest BCUT2D eigenvalue weighted by molar-refractivity contribution is 5.01. The van der Waals surface area contributed by atoms with Crippen LogP contribution in [0.5, 0.6) is 0 Å². The molecule has 1 aromatic heterocycles. The molecule has 0 atom stereocenters. The van der Waals surface area contributed by atoms with E-state index in [0.717, 1.165) is 19.3 Å². The maximum absolute atomic E-state index is 12.1. The van der Waals surface area contributed by atoms with Gasteiger partial charge in [-0.15, -0.1) is 0 Å². The lowest BCUT2D eigenvalue weighted by Crippen LogP contribution is -2.36. The van der Waals surface area contributed by atoms with Gasteiger partial charge in [0.1, 0.15) is 5.69 Å². The SMILES string of the molecule is CCCCC(C)(C)n1[nH]nc(C(C)C)c1=O. The van der Waals surface area contributed by atoms with Crippen molar-refractivity contribution in [1.82, 2.24) is 15.0 Å². The summed E-state index contributed by atoms with van der Waals surface area (Å²) in [6, 6.07) is 0. The molecule has 0 aliphatic carbocycles.